The molecule has 2 aromatic carbocycles. The number of nitrogens with two attached hydrogens (primary N) is 1. The normalized spacial score (nSPS) is 12.9. The van der Waals surface area contributed by atoms with Crippen LogP contribution in [0.15, 0.2) is 53.5 Å². The van der Waals surface area contributed by atoms with Crippen LogP contribution in [0.5, 0.6) is 5.75 Å². The van der Waals surface area contributed by atoms with Gasteiger partial charge in [0.25, 0.3) is 0 Å². The number of ether oxygens (including phenoxy) is 1. The minimum atomic E-state index is 0.569. The van der Waals surface area contributed by atoms with Crippen LogP contribution in [-0.2, 0) is 0 Å². The number of hydrogen-bond donors (Lipinski definition) is 1. The number of benzene rings is 2. The van der Waals surface area contributed by atoms with E-state index in [2.05, 4.69) is 44.0 Å². The van der Waals surface area contributed by atoms with Gasteiger partial charge in [0.05, 0.1) is 12.3 Å². The molecular formula is C20H26N2OS. The van der Waals surface area contributed by atoms with Gasteiger partial charge in [-0.1, -0.05) is 49.9 Å². The van der Waals surface area contributed by atoms with Gasteiger partial charge in [0.15, 0.2) is 5.17 Å². The zero-order valence-electron chi connectivity index (χ0n) is 14.7. The summed E-state index contributed by atoms with van der Waals surface area (Å²) in [6.07, 6.45) is 1.14. The van der Waals surface area contributed by atoms with Gasteiger partial charge in [-0.05, 0) is 54.7 Å². The van der Waals surface area contributed by atoms with Crippen LogP contribution in [0.2, 0.25) is 0 Å². The first-order chi connectivity index (χ1) is 11.6. The number of rotatable bonds is 7. The quantitative estimate of drug-likeness (QED) is 0.424. The molecule has 0 fully saturated rings. The molecule has 2 N–H and O–H groups in total. The van der Waals surface area contributed by atoms with E-state index < -0.39 is 0 Å². The number of amidine groups is 1. The second-order valence-corrected chi connectivity index (χ2v) is 6.98. The lowest BCUT2D eigenvalue weighted by molar-refractivity contribution is 0.344. The van der Waals surface area contributed by atoms with Crippen molar-refractivity contribution >= 4 is 22.6 Å². The Bertz CT molecular complexity index is 668. The van der Waals surface area contributed by atoms with Crippen molar-refractivity contribution in [1.29, 1.82) is 0 Å². The highest BCUT2D eigenvalue weighted by Crippen LogP contribution is 2.22. The van der Waals surface area contributed by atoms with E-state index in [9.17, 15) is 0 Å². The third kappa shape index (κ3) is 5.93. The van der Waals surface area contributed by atoms with E-state index in [0.29, 0.717) is 17.7 Å². The molecule has 4 heteroatoms. The fraction of sp³-hybridized carbons (Fsp3) is 0.350. The lowest BCUT2D eigenvalue weighted by Gasteiger charge is -2.09. The van der Waals surface area contributed by atoms with Gasteiger partial charge in [0, 0.05) is 5.75 Å². The largest absolute Gasteiger partial charge is 0.493 e. The smallest absolute Gasteiger partial charge is 0.159 e. The minimum absolute atomic E-state index is 0.569. The maximum atomic E-state index is 5.99. The topological polar surface area (TPSA) is 47.6 Å². The average molecular weight is 343 g/mol. The molecule has 0 unspecified atom stereocenters. The molecule has 0 heterocycles. The van der Waals surface area contributed by atoms with Crippen molar-refractivity contribution in [2.75, 3.05) is 12.4 Å². The van der Waals surface area contributed by atoms with E-state index >= 15 is 0 Å². The molecule has 0 amide bonds. The lowest BCUT2D eigenvalue weighted by atomic mass is 9.99. The van der Waals surface area contributed by atoms with E-state index in [1.165, 1.54) is 22.9 Å². The van der Waals surface area contributed by atoms with Crippen LogP contribution in [0.4, 0.5) is 5.69 Å². The van der Waals surface area contributed by atoms with Gasteiger partial charge >= 0.3 is 0 Å². The molecule has 128 valence electrons. The van der Waals surface area contributed by atoms with E-state index in [1.54, 1.807) is 0 Å². The van der Waals surface area contributed by atoms with Crippen LogP contribution in [-0.4, -0.2) is 17.5 Å². The summed E-state index contributed by atoms with van der Waals surface area (Å²) in [5, 5.41) is 0.569. The summed E-state index contributed by atoms with van der Waals surface area (Å²) in [6, 6.07) is 16.4. The number of hydrogen-bond acceptors (Lipinski definition) is 3. The molecule has 0 saturated heterocycles. The number of thioether (sulfide) groups is 1. The van der Waals surface area contributed by atoms with E-state index in [-0.39, 0.29) is 0 Å². The Balaban J connectivity index is 1.79. The molecule has 0 aromatic heterocycles. The van der Waals surface area contributed by atoms with Crippen LogP contribution in [0.1, 0.15) is 37.3 Å². The molecule has 0 bridgehead atoms. The SMILES string of the molecule is CC[C@@H](C)c1ccc(N=C(N)SCCOc2cccc(C)c2)cc1. The molecule has 0 spiro atoms. The highest BCUT2D eigenvalue weighted by Gasteiger charge is 2.02. The highest BCUT2D eigenvalue weighted by atomic mass is 32.2. The van der Waals surface area contributed by atoms with E-state index in [0.717, 1.165) is 23.6 Å². The van der Waals surface area contributed by atoms with Crippen molar-refractivity contribution < 1.29 is 4.74 Å². The van der Waals surface area contributed by atoms with Crippen molar-refractivity contribution in [2.24, 2.45) is 10.7 Å². The molecule has 3 nitrogen and oxygen atoms in total. The average Bonchev–Trinajstić information content (AvgIpc) is 2.59. The predicted octanol–water partition coefficient (Wildman–Crippen LogP) is 5.27. The summed E-state index contributed by atoms with van der Waals surface area (Å²) in [6.45, 7) is 7.09. The van der Waals surface area contributed by atoms with Crippen LogP contribution in [0.25, 0.3) is 0 Å². The zero-order chi connectivity index (χ0) is 17.4. The Hall–Kier alpha value is -1.94. The van der Waals surface area contributed by atoms with Crippen molar-refractivity contribution in [3.8, 4) is 5.75 Å². The third-order valence-electron chi connectivity index (χ3n) is 3.91. The Morgan fingerprint density at radius 1 is 1.21 bits per heavy atom. The van der Waals surface area contributed by atoms with Crippen molar-refractivity contribution in [2.45, 2.75) is 33.1 Å². The molecule has 2 rings (SSSR count). The summed E-state index contributed by atoms with van der Waals surface area (Å²) in [5.41, 5.74) is 9.42. The lowest BCUT2D eigenvalue weighted by Crippen LogP contribution is -2.10. The van der Waals surface area contributed by atoms with Gasteiger partial charge in [-0.25, -0.2) is 4.99 Å². The molecular weight excluding hydrogens is 316 g/mol. The monoisotopic (exact) mass is 342 g/mol. The Labute approximate surface area is 149 Å². The summed E-state index contributed by atoms with van der Waals surface area (Å²) >= 11 is 1.51. The first kappa shape index (κ1) is 18.4. The molecule has 1 atom stereocenters. The fourth-order valence-electron chi connectivity index (χ4n) is 2.28. The first-order valence-corrected chi connectivity index (χ1v) is 9.33. The third-order valence-corrected chi connectivity index (χ3v) is 4.66. The van der Waals surface area contributed by atoms with Crippen LogP contribution < -0.4 is 10.5 Å². The molecule has 0 radical (unpaired) electrons. The van der Waals surface area contributed by atoms with E-state index in [4.69, 9.17) is 10.5 Å². The summed E-state index contributed by atoms with van der Waals surface area (Å²) in [5.74, 6) is 2.24. The van der Waals surface area contributed by atoms with Crippen LogP contribution in [0.3, 0.4) is 0 Å². The van der Waals surface area contributed by atoms with Gasteiger partial charge < -0.3 is 10.5 Å². The fourth-order valence-corrected chi connectivity index (χ4v) is 2.83. The van der Waals surface area contributed by atoms with E-state index in [1.807, 2.05) is 30.3 Å². The zero-order valence-corrected chi connectivity index (χ0v) is 15.5. The highest BCUT2D eigenvalue weighted by molar-refractivity contribution is 8.13. The van der Waals surface area contributed by atoms with Crippen molar-refractivity contribution in [3.05, 3.63) is 59.7 Å². The summed E-state index contributed by atoms with van der Waals surface area (Å²) in [4.78, 5) is 4.45. The molecule has 0 aliphatic carbocycles. The van der Waals surface area contributed by atoms with Gasteiger partial charge in [-0.15, -0.1) is 0 Å². The maximum absolute atomic E-state index is 5.99. The molecule has 0 aliphatic rings. The first-order valence-electron chi connectivity index (χ1n) is 8.35. The molecule has 24 heavy (non-hydrogen) atoms. The Kier molecular flexibility index (Phi) is 7.19. The van der Waals surface area contributed by atoms with Crippen LogP contribution in [0, 0.1) is 6.92 Å². The van der Waals surface area contributed by atoms with Gasteiger partial charge in [0.2, 0.25) is 0 Å². The van der Waals surface area contributed by atoms with Crippen molar-refractivity contribution in [1.82, 2.24) is 0 Å². The number of aryl methyl sites for hydroxylation is 1. The van der Waals surface area contributed by atoms with Gasteiger partial charge in [-0.3, -0.25) is 0 Å². The summed E-state index contributed by atoms with van der Waals surface area (Å²) in [7, 11) is 0. The Morgan fingerprint density at radius 3 is 2.62 bits per heavy atom. The number of nitrogens with zero attached hydrogens (tertiary/aromatic N) is 1. The Morgan fingerprint density at radius 2 is 1.96 bits per heavy atom. The maximum Gasteiger partial charge on any atom is 0.159 e. The van der Waals surface area contributed by atoms with Crippen molar-refractivity contribution in [3.63, 3.8) is 0 Å². The minimum Gasteiger partial charge on any atom is -0.493 e. The molecule has 0 saturated carbocycles. The van der Waals surface area contributed by atoms with Crippen LogP contribution >= 0.6 is 11.8 Å². The standard InChI is InChI=1S/C20H26N2OS/c1-4-16(3)17-8-10-18(11-9-17)22-20(21)24-13-12-23-19-7-5-6-15(2)14-19/h5-11,14,16H,4,12-13H2,1-3H3,(H2,21,22)/t16-/m1/s1. The second-order valence-electron chi connectivity index (χ2n) is 5.86. The van der Waals surface area contributed by atoms with Gasteiger partial charge in [0.1, 0.15) is 5.75 Å². The van der Waals surface area contributed by atoms with Gasteiger partial charge in [-0.2, -0.15) is 0 Å². The number of aliphatic imine (C=N–C) groups is 1. The predicted molar refractivity (Wildman–Crippen MR) is 106 cm³/mol. The summed E-state index contributed by atoms with van der Waals surface area (Å²) < 4.78 is 5.71. The molecule has 0 aliphatic heterocycles. The molecule has 2 aromatic rings. The second kappa shape index (κ2) is 9.38.